The zero-order valence-electron chi connectivity index (χ0n) is 14.5. The van der Waals surface area contributed by atoms with Crippen molar-refractivity contribution >= 4 is 5.78 Å². The molecule has 0 radical (unpaired) electrons. The van der Waals surface area contributed by atoms with Crippen molar-refractivity contribution in [1.82, 2.24) is 0 Å². The van der Waals surface area contributed by atoms with E-state index in [0.29, 0.717) is 12.4 Å². The molecule has 0 unspecified atom stereocenters. The van der Waals surface area contributed by atoms with Gasteiger partial charge in [0.1, 0.15) is 5.78 Å². The normalized spacial score (nSPS) is 11.2. The van der Waals surface area contributed by atoms with Gasteiger partial charge in [0.2, 0.25) is 0 Å². The largest absolute Gasteiger partial charge is 0.396 e. The number of unbranched alkanes of at least 4 members (excludes halogenated alkanes) is 12. The van der Waals surface area contributed by atoms with Crippen LogP contribution in [0.15, 0.2) is 0 Å². The molecule has 0 aliphatic rings. The van der Waals surface area contributed by atoms with E-state index in [-0.39, 0.29) is 5.92 Å². The Kier molecular flexibility index (Phi) is 15.7. The van der Waals surface area contributed by atoms with Crippen molar-refractivity contribution in [2.75, 3.05) is 6.61 Å². The van der Waals surface area contributed by atoms with Crippen LogP contribution in [0.5, 0.6) is 0 Å². The molecule has 0 atom stereocenters. The van der Waals surface area contributed by atoms with E-state index < -0.39 is 0 Å². The molecule has 1 N–H and O–H groups in total. The monoisotopic (exact) mass is 298 g/mol. The van der Waals surface area contributed by atoms with E-state index in [2.05, 4.69) is 0 Å². The Bertz CT molecular complexity index is 224. The van der Waals surface area contributed by atoms with E-state index >= 15 is 0 Å². The van der Waals surface area contributed by atoms with Crippen LogP contribution < -0.4 is 0 Å². The molecule has 0 bridgehead atoms. The van der Waals surface area contributed by atoms with Gasteiger partial charge in [-0.05, 0) is 12.8 Å². The summed E-state index contributed by atoms with van der Waals surface area (Å²) < 4.78 is 0. The van der Waals surface area contributed by atoms with E-state index in [1.165, 1.54) is 70.6 Å². The SMILES string of the molecule is CC(C)C(=O)CCCCCCCCCCCCCCCO. The Morgan fingerprint density at radius 3 is 1.33 bits per heavy atom. The van der Waals surface area contributed by atoms with Gasteiger partial charge in [0.05, 0.1) is 0 Å². The highest BCUT2D eigenvalue weighted by atomic mass is 16.2. The van der Waals surface area contributed by atoms with Crippen molar-refractivity contribution in [2.24, 2.45) is 5.92 Å². The van der Waals surface area contributed by atoms with E-state index in [4.69, 9.17) is 5.11 Å². The van der Waals surface area contributed by atoms with Crippen molar-refractivity contribution in [3.05, 3.63) is 0 Å². The number of rotatable bonds is 16. The summed E-state index contributed by atoms with van der Waals surface area (Å²) in [6, 6.07) is 0. The van der Waals surface area contributed by atoms with Crippen molar-refractivity contribution < 1.29 is 9.90 Å². The zero-order valence-corrected chi connectivity index (χ0v) is 14.5. The summed E-state index contributed by atoms with van der Waals surface area (Å²) in [7, 11) is 0. The lowest BCUT2D eigenvalue weighted by Crippen LogP contribution is -2.05. The molecule has 0 aromatic rings. The molecular weight excluding hydrogens is 260 g/mol. The second-order valence-corrected chi connectivity index (χ2v) is 6.69. The van der Waals surface area contributed by atoms with Crippen LogP contribution >= 0.6 is 0 Å². The van der Waals surface area contributed by atoms with Crippen molar-refractivity contribution in [2.45, 2.75) is 104 Å². The Hall–Kier alpha value is -0.370. The molecule has 0 aromatic heterocycles. The summed E-state index contributed by atoms with van der Waals surface area (Å²) >= 11 is 0. The highest BCUT2D eigenvalue weighted by Gasteiger charge is 2.05. The average molecular weight is 299 g/mol. The predicted octanol–water partition coefficient (Wildman–Crippen LogP) is 5.67. The van der Waals surface area contributed by atoms with Crippen LogP contribution in [-0.4, -0.2) is 17.5 Å². The third-order valence-electron chi connectivity index (χ3n) is 4.23. The molecule has 2 heteroatoms. The van der Waals surface area contributed by atoms with Crippen LogP contribution in [0.25, 0.3) is 0 Å². The van der Waals surface area contributed by atoms with Gasteiger partial charge in [-0.15, -0.1) is 0 Å². The number of ketones is 1. The quantitative estimate of drug-likeness (QED) is 0.373. The molecule has 0 heterocycles. The zero-order chi connectivity index (χ0) is 15.8. The fourth-order valence-electron chi connectivity index (χ4n) is 2.64. The van der Waals surface area contributed by atoms with Gasteiger partial charge < -0.3 is 5.11 Å². The van der Waals surface area contributed by atoms with Gasteiger partial charge in [-0.2, -0.15) is 0 Å². The topological polar surface area (TPSA) is 37.3 Å². The third kappa shape index (κ3) is 15.8. The van der Waals surface area contributed by atoms with E-state index in [1.54, 1.807) is 0 Å². The van der Waals surface area contributed by atoms with Gasteiger partial charge in [-0.3, -0.25) is 4.79 Å². The number of hydrogen-bond donors (Lipinski definition) is 1. The molecule has 0 aliphatic carbocycles. The average Bonchev–Trinajstić information content (AvgIpc) is 2.47. The molecule has 126 valence electrons. The smallest absolute Gasteiger partial charge is 0.135 e. The first-order valence-corrected chi connectivity index (χ1v) is 9.32. The summed E-state index contributed by atoms with van der Waals surface area (Å²) in [5, 5.41) is 8.68. The number of carbonyl (C=O) groups is 1. The predicted molar refractivity (Wildman–Crippen MR) is 91.6 cm³/mol. The maximum atomic E-state index is 11.4. The van der Waals surface area contributed by atoms with Crippen molar-refractivity contribution in [3.8, 4) is 0 Å². The van der Waals surface area contributed by atoms with Crippen LogP contribution in [-0.2, 0) is 4.79 Å². The summed E-state index contributed by atoms with van der Waals surface area (Å²) in [6.07, 6.45) is 17.4. The minimum Gasteiger partial charge on any atom is -0.396 e. The van der Waals surface area contributed by atoms with Crippen LogP contribution in [0.4, 0.5) is 0 Å². The first-order chi connectivity index (χ1) is 10.2. The summed E-state index contributed by atoms with van der Waals surface area (Å²) in [6.45, 7) is 4.34. The van der Waals surface area contributed by atoms with E-state index in [1.807, 2.05) is 13.8 Å². The fourth-order valence-corrected chi connectivity index (χ4v) is 2.64. The number of aliphatic hydroxyl groups excluding tert-OH is 1. The number of aliphatic hydroxyl groups is 1. The Morgan fingerprint density at radius 1 is 0.667 bits per heavy atom. The minimum absolute atomic E-state index is 0.216. The molecule has 0 fully saturated rings. The summed E-state index contributed by atoms with van der Waals surface area (Å²) in [5.41, 5.74) is 0. The first kappa shape index (κ1) is 20.6. The Labute approximate surface area is 132 Å². The maximum Gasteiger partial charge on any atom is 0.135 e. The number of hydrogen-bond acceptors (Lipinski definition) is 2. The molecule has 0 saturated heterocycles. The molecule has 0 saturated carbocycles. The molecule has 2 nitrogen and oxygen atoms in total. The highest BCUT2D eigenvalue weighted by molar-refractivity contribution is 5.80. The van der Waals surface area contributed by atoms with Gasteiger partial charge in [0, 0.05) is 18.9 Å². The molecule has 0 spiro atoms. The summed E-state index contributed by atoms with van der Waals surface area (Å²) in [4.78, 5) is 11.4. The second-order valence-electron chi connectivity index (χ2n) is 6.69. The molecule has 0 aliphatic heterocycles. The van der Waals surface area contributed by atoms with Crippen molar-refractivity contribution in [1.29, 1.82) is 0 Å². The van der Waals surface area contributed by atoms with Crippen LogP contribution in [0, 0.1) is 5.92 Å². The standard InChI is InChI=1S/C19H38O2/c1-18(2)19(21)16-14-12-10-8-6-4-3-5-7-9-11-13-15-17-20/h18,20H,3-17H2,1-2H3. The highest BCUT2D eigenvalue weighted by Crippen LogP contribution is 2.13. The number of Topliss-reactive ketones (excluding diaryl/α,β-unsaturated/α-hetero) is 1. The lowest BCUT2D eigenvalue weighted by atomic mass is 10.0. The van der Waals surface area contributed by atoms with Crippen molar-refractivity contribution in [3.63, 3.8) is 0 Å². The number of carbonyl (C=O) groups excluding carboxylic acids is 1. The lowest BCUT2D eigenvalue weighted by Gasteiger charge is -2.04. The van der Waals surface area contributed by atoms with Crippen LogP contribution in [0.3, 0.4) is 0 Å². The molecule has 0 rings (SSSR count). The van der Waals surface area contributed by atoms with Gasteiger partial charge >= 0.3 is 0 Å². The van der Waals surface area contributed by atoms with Gasteiger partial charge in [0.25, 0.3) is 0 Å². The van der Waals surface area contributed by atoms with Gasteiger partial charge in [-0.1, -0.05) is 84.5 Å². The van der Waals surface area contributed by atoms with E-state index in [0.717, 1.165) is 19.3 Å². The molecular formula is C19H38O2. The van der Waals surface area contributed by atoms with Crippen LogP contribution in [0.2, 0.25) is 0 Å². The second kappa shape index (κ2) is 16.0. The molecule has 0 aromatic carbocycles. The summed E-state index contributed by atoms with van der Waals surface area (Å²) in [5.74, 6) is 0.641. The Balaban J connectivity index is 3.04. The maximum absolute atomic E-state index is 11.4. The van der Waals surface area contributed by atoms with E-state index in [9.17, 15) is 4.79 Å². The van der Waals surface area contributed by atoms with Gasteiger partial charge in [0.15, 0.2) is 0 Å². The molecule has 0 amide bonds. The third-order valence-corrected chi connectivity index (χ3v) is 4.23. The fraction of sp³-hybridized carbons (Fsp3) is 0.947. The first-order valence-electron chi connectivity index (χ1n) is 9.32. The Morgan fingerprint density at radius 2 is 1.00 bits per heavy atom. The lowest BCUT2D eigenvalue weighted by molar-refractivity contribution is -0.122. The minimum atomic E-state index is 0.216. The molecule has 21 heavy (non-hydrogen) atoms. The van der Waals surface area contributed by atoms with Gasteiger partial charge in [-0.25, -0.2) is 0 Å². The van der Waals surface area contributed by atoms with Crippen LogP contribution in [0.1, 0.15) is 104 Å².